The van der Waals surface area contributed by atoms with E-state index in [1.807, 2.05) is 25.1 Å². The number of amides is 1. The van der Waals surface area contributed by atoms with Gasteiger partial charge in [0, 0.05) is 18.3 Å². The van der Waals surface area contributed by atoms with Crippen LogP contribution >= 0.6 is 0 Å². The van der Waals surface area contributed by atoms with Gasteiger partial charge in [0.15, 0.2) is 0 Å². The van der Waals surface area contributed by atoms with Crippen molar-refractivity contribution in [3.05, 3.63) is 89.5 Å². The maximum absolute atomic E-state index is 12.9. The Hall–Kier alpha value is -3.12. The highest BCUT2D eigenvalue weighted by molar-refractivity contribution is 7.92. The van der Waals surface area contributed by atoms with E-state index in [0.717, 1.165) is 5.56 Å². The molecule has 3 aromatic carbocycles. The van der Waals surface area contributed by atoms with Gasteiger partial charge in [-0.1, -0.05) is 35.9 Å². The number of hydrogen-bond donors (Lipinski definition) is 1. The molecule has 0 bridgehead atoms. The monoisotopic (exact) mass is 394 g/mol. The molecule has 0 unspecified atom stereocenters. The lowest BCUT2D eigenvalue weighted by molar-refractivity contribution is 0.102. The topological polar surface area (TPSA) is 66.5 Å². The van der Waals surface area contributed by atoms with Gasteiger partial charge in [0.05, 0.1) is 10.6 Å². The first-order valence-corrected chi connectivity index (χ1v) is 10.3. The van der Waals surface area contributed by atoms with Gasteiger partial charge in [-0.3, -0.25) is 9.10 Å². The van der Waals surface area contributed by atoms with E-state index in [9.17, 15) is 13.2 Å². The summed E-state index contributed by atoms with van der Waals surface area (Å²) in [4.78, 5) is 12.7. The molecule has 3 aromatic rings. The van der Waals surface area contributed by atoms with Crippen molar-refractivity contribution in [3.8, 4) is 0 Å². The molecule has 0 saturated heterocycles. The number of para-hydroxylation sites is 1. The summed E-state index contributed by atoms with van der Waals surface area (Å²) in [5.41, 5.74) is 3.38. The number of sulfonamides is 1. The molecule has 3 rings (SSSR count). The Kier molecular flexibility index (Phi) is 5.51. The number of nitrogens with one attached hydrogen (secondary N) is 1. The van der Waals surface area contributed by atoms with Crippen LogP contribution in [0.3, 0.4) is 0 Å². The molecule has 0 aromatic heterocycles. The molecule has 1 amide bonds. The van der Waals surface area contributed by atoms with Crippen LogP contribution in [0, 0.1) is 13.8 Å². The largest absolute Gasteiger partial charge is 0.322 e. The summed E-state index contributed by atoms with van der Waals surface area (Å²) in [5.74, 6) is -0.245. The van der Waals surface area contributed by atoms with Crippen LogP contribution in [0.25, 0.3) is 0 Å². The Morgan fingerprint density at radius 2 is 1.54 bits per heavy atom. The zero-order chi connectivity index (χ0) is 20.3. The minimum Gasteiger partial charge on any atom is -0.322 e. The van der Waals surface area contributed by atoms with Crippen molar-refractivity contribution in [3.63, 3.8) is 0 Å². The van der Waals surface area contributed by atoms with Crippen LogP contribution in [-0.2, 0) is 10.0 Å². The molecule has 5 nitrogen and oxygen atoms in total. The van der Waals surface area contributed by atoms with Crippen molar-refractivity contribution in [2.45, 2.75) is 18.7 Å². The van der Waals surface area contributed by atoms with E-state index in [1.54, 1.807) is 61.5 Å². The molecule has 1 N–H and O–H groups in total. The molecule has 0 heterocycles. The van der Waals surface area contributed by atoms with Gasteiger partial charge < -0.3 is 5.32 Å². The zero-order valence-electron chi connectivity index (χ0n) is 16.0. The van der Waals surface area contributed by atoms with Crippen LogP contribution in [0.4, 0.5) is 11.4 Å². The van der Waals surface area contributed by atoms with Crippen molar-refractivity contribution >= 4 is 27.3 Å². The van der Waals surface area contributed by atoms with Crippen molar-refractivity contribution in [2.75, 3.05) is 16.7 Å². The molecule has 6 heteroatoms. The molecular weight excluding hydrogens is 372 g/mol. The Bertz CT molecular complexity index is 1090. The molecule has 0 fully saturated rings. The highest BCUT2D eigenvalue weighted by Gasteiger charge is 2.23. The Labute approximate surface area is 165 Å². The third-order valence-corrected chi connectivity index (χ3v) is 6.29. The normalized spacial score (nSPS) is 11.1. The van der Waals surface area contributed by atoms with Gasteiger partial charge in [-0.05, 0) is 61.9 Å². The van der Waals surface area contributed by atoms with Gasteiger partial charge in [-0.2, -0.15) is 0 Å². The molecule has 0 spiro atoms. The van der Waals surface area contributed by atoms with E-state index in [0.29, 0.717) is 22.5 Å². The van der Waals surface area contributed by atoms with Crippen LogP contribution in [0.5, 0.6) is 0 Å². The number of benzene rings is 3. The summed E-state index contributed by atoms with van der Waals surface area (Å²) in [7, 11) is -2.17. The maximum Gasteiger partial charge on any atom is 0.264 e. The second-order valence-corrected chi connectivity index (χ2v) is 8.58. The average molecular weight is 394 g/mol. The highest BCUT2D eigenvalue weighted by atomic mass is 32.2. The minimum absolute atomic E-state index is 0.228. The van der Waals surface area contributed by atoms with Crippen molar-refractivity contribution in [2.24, 2.45) is 0 Å². The molecule has 28 heavy (non-hydrogen) atoms. The lowest BCUT2D eigenvalue weighted by atomic mass is 10.1. The number of nitrogens with zero attached hydrogens (tertiary/aromatic N) is 1. The summed E-state index contributed by atoms with van der Waals surface area (Å²) in [6.07, 6.45) is 0. The van der Waals surface area contributed by atoms with Gasteiger partial charge in [0.1, 0.15) is 0 Å². The summed E-state index contributed by atoms with van der Waals surface area (Å²) in [5, 5.41) is 2.82. The van der Waals surface area contributed by atoms with E-state index in [2.05, 4.69) is 5.32 Å². The van der Waals surface area contributed by atoms with Gasteiger partial charge in [-0.15, -0.1) is 0 Å². The molecule has 0 aliphatic carbocycles. The number of carbonyl (C=O) groups excluding carboxylic acids is 1. The number of anilines is 2. The lowest BCUT2D eigenvalue weighted by Crippen LogP contribution is -2.27. The first-order valence-electron chi connectivity index (χ1n) is 8.82. The van der Waals surface area contributed by atoms with Crippen molar-refractivity contribution in [1.82, 2.24) is 0 Å². The molecule has 144 valence electrons. The number of hydrogen-bond acceptors (Lipinski definition) is 3. The fourth-order valence-corrected chi connectivity index (χ4v) is 4.13. The maximum atomic E-state index is 12.9. The fraction of sp³-hybridized carbons (Fsp3) is 0.136. The third kappa shape index (κ3) is 4.07. The van der Waals surface area contributed by atoms with Gasteiger partial charge >= 0.3 is 0 Å². The van der Waals surface area contributed by atoms with E-state index < -0.39 is 10.0 Å². The fourth-order valence-electron chi connectivity index (χ4n) is 2.87. The standard InChI is InChI=1S/C22H22N2O3S/c1-16-9-12-20(13-10-16)28(26,27)24(3)21-14-11-18(15-17(21)2)22(25)23-19-7-5-4-6-8-19/h4-15H,1-3H3,(H,23,25). The predicted octanol–water partition coefficient (Wildman–Crippen LogP) is 4.38. The van der Waals surface area contributed by atoms with Crippen LogP contribution in [0.2, 0.25) is 0 Å². The summed E-state index contributed by atoms with van der Waals surface area (Å²) >= 11 is 0. The zero-order valence-corrected chi connectivity index (χ0v) is 16.8. The number of aryl methyl sites for hydroxylation is 2. The van der Waals surface area contributed by atoms with Crippen LogP contribution in [0.1, 0.15) is 21.5 Å². The summed E-state index contributed by atoms with van der Waals surface area (Å²) in [6.45, 7) is 3.69. The Morgan fingerprint density at radius 3 is 2.14 bits per heavy atom. The van der Waals surface area contributed by atoms with Crippen molar-refractivity contribution in [1.29, 1.82) is 0 Å². The predicted molar refractivity (Wildman–Crippen MR) is 112 cm³/mol. The third-order valence-electron chi connectivity index (χ3n) is 4.51. The highest BCUT2D eigenvalue weighted by Crippen LogP contribution is 2.26. The number of rotatable bonds is 5. The quantitative estimate of drug-likeness (QED) is 0.698. The van der Waals surface area contributed by atoms with E-state index in [4.69, 9.17) is 0 Å². The average Bonchev–Trinajstić information content (AvgIpc) is 2.68. The molecule has 0 saturated carbocycles. The van der Waals surface area contributed by atoms with E-state index in [-0.39, 0.29) is 10.8 Å². The lowest BCUT2D eigenvalue weighted by Gasteiger charge is -2.22. The van der Waals surface area contributed by atoms with Crippen molar-refractivity contribution < 1.29 is 13.2 Å². The minimum atomic E-state index is -3.68. The van der Waals surface area contributed by atoms with E-state index >= 15 is 0 Å². The van der Waals surface area contributed by atoms with Gasteiger partial charge in [0.25, 0.3) is 15.9 Å². The smallest absolute Gasteiger partial charge is 0.264 e. The molecule has 0 aliphatic heterocycles. The van der Waals surface area contributed by atoms with E-state index in [1.165, 1.54) is 11.4 Å². The number of carbonyl (C=O) groups is 1. The second kappa shape index (κ2) is 7.86. The summed E-state index contributed by atoms with van der Waals surface area (Å²) in [6, 6.07) is 20.9. The molecule has 0 aliphatic rings. The summed E-state index contributed by atoms with van der Waals surface area (Å²) < 4.78 is 27.0. The van der Waals surface area contributed by atoms with Gasteiger partial charge in [-0.25, -0.2) is 8.42 Å². The van der Waals surface area contributed by atoms with Crippen LogP contribution in [0.15, 0.2) is 77.7 Å². The van der Waals surface area contributed by atoms with Gasteiger partial charge in [0.2, 0.25) is 0 Å². The van der Waals surface area contributed by atoms with Crippen LogP contribution < -0.4 is 9.62 Å². The molecule has 0 radical (unpaired) electrons. The SMILES string of the molecule is Cc1ccc(S(=O)(=O)N(C)c2ccc(C(=O)Nc3ccccc3)cc2C)cc1. The van der Waals surface area contributed by atoms with Crippen LogP contribution in [-0.4, -0.2) is 21.4 Å². The first-order chi connectivity index (χ1) is 13.3. The Balaban J connectivity index is 1.85. The molecular formula is C22H22N2O3S. The molecule has 0 atom stereocenters. The second-order valence-electron chi connectivity index (χ2n) is 6.61. The first kappa shape index (κ1) is 19.6. The Morgan fingerprint density at radius 1 is 0.893 bits per heavy atom.